The van der Waals surface area contributed by atoms with Crippen LogP contribution in [0.4, 0.5) is 0 Å². The highest BCUT2D eigenvalue weighted by atomic mass is 16.5. The van der Waals surface area contributed by atoms with Crippen LogP contribution < -0.4 is 20.1 Å². The molecule has 1 aliphatic heterocycles. The summed E-state index contributed by atoms with van der Waals surface area (Å²) in [5.74, 6) is 0.674. The highest BCUT2D eigenvalue weighted by molar-refractivity contribution is 6.35. The van der Waals surface area contributed by atoms with Gasteiger partial charge in [0.25, 0.3) is 0 Å². The first kappa shape index (κ1) is 36.7. The molecule has 2 aliphatic rings. The third kappa shape index (κ3) is 11.5. The van der Waals surface area contributed by atoms with Crippen molar-refractivity contribution in [1.82, 2.24) is 15.5 Å². The van der Waals surface area contributed by atoms with Gasteiger partial charge in [0.15, 0.2) is 0 Å². The molecular weight excluding hydrogens is 598 g/mol. The fraction of sp³-hybridized carbons (Fsp3) is 0.622. The summed E-state index contributed by atoms with van der Waals surface area (Å²) in [7, 11) is 4.92. The Hall–Kier alpha value is -3.18. The monoisotopic (exact) mass is 653 g/mol. The van der Waals surface area contributed by atoms with E-state index in [1.165, 1.54) is 6.42 Å². The maximum atomic E-state index is 13.5. The van der Waals surface area contributed by atoms with Crippen LogP contribution in [-0.2, 0) is 25.6 Å². The normalized spacial score (nSPS) is 18.8. The van der Waals surface area contributed by atoms with Crippen molar-refractivity contribution in [3.63, 3.8) is 0 Å². The van der Waals surface area contributed by atoms with Gasteiger partial charge in [-0.1, -0.05) is 62.4 Å². The number of methoxy groups -OCH3 is 3. The summed E-state index contributed by atoms with van der Waals surface area (Å²) in [6, 6.07) is 15.2. The van der Waals surface area contributed by atoms with E-state index in [0.29, 0.717) is 56.7 Å². The number of nitrogens with one attached hydrogen (secondary N) is 2. The van der Waals surface area contributed by atoms with Gasteiger partial charge < -0.3 is 39.6 Å². The molecule has 1 saturated heterocycles. The summed E-state index contributed by atoms with van der Waals surface area (Å²) < 4.78 is 22.3. The molecule has 1 saturated carbocycles. The molecule has 10 heteroatoms. The molecule has 0 aromatic heterocycles. The van der Waals surface area contributed by atoms with Crippen LogP contribution in [-0.4, -0.2) is 88.1 Å². The molecule has 1 unspecified atom stereocenters. The van der Waals surface area contributed by atoms with Crippen LogP contribution in [0.25, 0.3) is 0 Å². The quantitative estimate of drug-likeness (QED) is 0.157. The Balaban J connectivity index is 1.35. The maximum absolute atomic E-state index is 13.5. The standard InChI is InChI=1S/C37H55N3O7/c1-44-18-10-11-19-47-35(29-14-8-5-9-15-29)30-16-17-40(26-30)37(43)36(42)39-33(22-27-12-6-4-7-13-27)34(41)25-38-24-28-20-31(45-2)23-32(21-28)46-3/h5,8-9,14-15,20-21,23,27,30,33-35,38,41H,4,6-7,10-13,16-19,22,24-26H2,1-3H3,(H,39,42)/t30-,33+,34+,35?/m1/s1. The van der Waals surface area contributed by atoms with Crippen LogP contribution in [0, 0.1) is 11.8 Å². The van der Waals surface area contributed by atoms with Crippen molar-refractivity contribution in [1.29, 1.82) is 0 Å². The van der Waals surface area contributed by atoms with Crippen LogP contribution in [0.1, 0.15) is 75.0 Å². The van der Waals surface area contributed by atoms with Crippen LogP contribution in [0.2, 0.25) is 0 Å². The van der Waals surface area contributed by atoms with Crippen LogP contribution in [0.5, 0.6) is 11.5 Å². The average Bonchev–Trinajstić information content (AvgIpc) is 3.59. The lowest BCUT2D eigenvalue weighted by Gasteiger charge is -2.30. The minimum absolute atomic E-state index is 0.0830. The van der Waals surface area contributed by atoms with Crippen molar-refractivity contribution < 1.29 is 33.6 Å². The Bertz CT molecular complexity index is 1200. The molecule has 3 N–H and O–H groups in total. The minimum Gasteiger partial charge on any atom is -0.497 e. The molecule has 0 spiro atoms. The Morgan fingerprint density at radius 3 is 2.32 bits per heavy atom. The van der Waals surface area contributed by atoms with Gasteiger partial charge in [0, 0.05) is 58.5 Å². The van der Waals surface area contributed by atoms with E-state index in [1.54, 1.807) is 26.2 Å². The Morgan fingerprint density at radius 1 is 0.936 bits per heavy atom. The number of amides is 2. The highest BCUT2D eigenvalue weighted by Crippen LogP contribution is 2.34. The summed E-state index contributed by atoms with van der Waals surface area (Å²) in [4.78, 5) is 28.6. The van der Waals surface area contributed by atoms with E-state index < -0.39 is 24.0 Å². The lowest BCUT2D eigenvalue weighted by atomic mass is 9.83. The lowest BCUT2D eigenvalue weighted by molar-refractivity contribution is -0.146. The van der Waals surface area contributed by atoms with E-state index in [2.05, 4.69) is 22.8 Å². The smallest absolute Gasteiger partial charge is 0.311 e. The second-order valence-corrected chi connectivity index (χ2v) is 12.9. The second kappa shape index (κ2) is 19.6. The van der Waals surface area contributed by atoms with Crippen LogP contribution in [0.15, 0.2) is 48.5 Å². The molecule has 1 aliphatic carbocycles. The summed E-state index contributed by atoms with van der Waals surface area (Å²) in [5.41, 5.74) is 2.03. The topological polar surface area (TPSA) is 119 Å². The summed E-state index contributed by atoms with van der Waals surface area (Å²) in [6.07, 6.45) is 7.87. The SMILES string of the molecule is COCCCCOC(c1ccccc1)[C@@H]1CCN(C(=O)C(=O)N[C@@H](CC2CCCCC2)[C@@H](O)CNCc2cc(OC)cc(OC)c2)C1. The third-order valence-corrected chi connectivity index (χ3v) is 9.49. The van der Waals surface area contributed by atoms with Gasteiger partial charge in [-0.2, -0.15) is 0 Å². The van der Waals surface area contributed by atoms with Gasteiger partial charge in [-0.15, -0.1) is 0 Å². The molecule has 0 bridgehead atoms. The maximum Gasteiger partial charge on any atom is 0.311 e. The van der Waals surface area contributed by atoms with Gasteiger partial charge in [-0.3, -0.25) is 9.59 Å². The lowest BCUT2D eigenvalue weighted by Crippen LogP contribution is -2.52. The number of rotatable bonds is 18. The molecule has 260 valence electrons. The summed E-state index contributed by atoms with van der Waals surface area (Å²) >= 11 is 0. The number of likely N-dealkylation sites (tertiary alicyclic amines) is 1. The first-order valence-electron chi connectivity index (χ1n) is 17.3. The molecule has 2 aromatic carbocycles. The Labute approximate surface area is 280 Å². The number of aliphatic hydroxyl groups is 1. The first-order valence-corrected chi connectivity index (χ1v) is 17.3. The number of carbonyl (C=O) groups excluding carboxylic acids is 2. The van der Waals surface area contributed by atoms with Crippen LogP contribution >= 0.6 is 0 Å². The number of ether oxygens (including phenoxy) is 4. The number of hydrogen-bond donors (Lipinski definition) is 3. The number of benzene rings is 2. The zero-order chi connectivity index (χ0) is 33.4. The molecule has 2 fully saturated rings. The number of hydrogen-bond acceptors (Lipinski definition) is 8. The van der Waals surface area contributed by atoms with Gasteiger partial charge in [0.05, 0.1) is 32.5 Å². The van der Waals surface area contributed by atoms with E-state index in [0.717, 1.165) is 56.1 Å². The Morgan fingerprint density at radius 2 is 1.64 bits per heavy atom. The zero-order valence-corrected chi connectivity index (χ0v) is 28.5. The molecule has 47 heavy (non-hydrogen) atoms. The molecule has 0 radical (unpaired) electrons. The van der Waals surface area contributed by atoms with Crippen molar-refractivity contribution in [3.8, 4) is 11.5 Å². The number of nitrogens with zero attached hydrogens (tertiary/aromatic N) is 1. The van der Waals surface area contributed by atoms with E-state index in [4.69, 9.17) is 18.9 Å². The molecule has 2 amide bonds. The van der Waals surface area contributed by atoms with E-state index in [1.807, 2.05) is 36.4 Å². The van der Waals surface area contributed by atoms with E-state index in [-0.39, 0.29) is 18.6 Å². The van der Waals surface area contributed by atoms with Crippen molar-refractivity contribution in [3.05, 3.63) is 59.7 Å². The predicted molar refractivity (Wildman–Crippen MR) is 181 cm³/mol. The average molecular weight is 654 g/mol. The Kier molecular flexibility index (Phi) is 15.3. The predicted octanol–water partition coefficient (Wildman–Crippen LogP) is 4.64. The summed E-state index contributed by atoms with van der Waals surface area (Å²) in [5, 5.41) is 17.6. The van der Waals surface area contributed by atoms with E-state index in [9.17, 15) is 14.7 Å². The fourth-order valence-corrected chi connectivity index (χ4v) is 6.87. The molecular formula is C37H55N3O7. The van der Waals surface area contributed by atoms with Crippen LogP contribution in [0.3, 0.4) is 0 Å². The van der Waals surface area contributed by atoms with Gasteiger partial charge in [-0.05, 0) is 54.9 Å². The molecule has 2 aromatic rings. The van der Waals surface area contributed by atoms with Crippen molar-refractivity contribution in [2.45, 2.75) is 82.6 Å². The minimum atomic E-state index is -0.860. The fourth-order valence-electron chi connectivity index (χ4n) is 6.87. The number of carbonyl (C=O) groups is 2. The number of aliphatic hydroxyl groups excluding tert-OH is 1. The number of unbranched alkanes of at least 4 members (excludes halogenated alkanes) is 1. The zero-order valence-electron chi connectivity index (χ0n) is 28.5. The van der Waals surface area contributed by atoms with Gasteiger partial charge in [0.1, 0.15) is 11.5 Å². The van der Waals surface area contributed by atoms with Crippen molar-refractivity contribution >= 4 is 11.8 Å². The summed E-state index contributed by atoms with van der Waals surface area (Å²) in [6.45, 7) is 3.00. The van der Waals surface area contributed by atoms with Gasteiger partial charge >= 0.3 is 11.8 Å². The molecule has 4 rings (SSSR count). The molecule has 4 atom stereocenters. The van der Waals surface area contributed by atoms with Crippen molar-refractivity contribution in [2.75, 3.05) is 54.2 Å². The second-order valence-electron chi connectivity index (χ2n) is 12.9. The third-order valence-electron chi connectivity index (χ3n) is 9.49. The van der Waals surface area contributed by atoms with Crippen molar-refractivity contribution in [2.24, 2.45) is 11.8 Å². The van der Waals surface area contributed by atoms with Gasteiger partial charge in [0.2, 0.25) is 0 Å². The first-order chi connectivity index (χ1) is 22.9. The molecule has 1 heterocycles. The van der Waals surface area contributed by atoms with Gasteiger partial charge in [-0.25, -0.2) is 0 Å². The molecule has 10 nitrogen and oxygen atoms in total. The largest absolute Gasteiger partial charge is 0.497 e. The highest BCUT2D eigenvalue weighted by Gasteiger charge is 2.37. The van der Waals surface area contributed by atoms with E-state index >= 15 is 0 Å².